The van der Waals surface area contributed by atoms with Gasteiger partial charge in [0.05, 0.1) is 5.56 Å². The number of hydrogen-bond donors (Lipinski definition) is 1. The molecule has 1 amide bonds. The third-order valence-corrected chi connectivity index (χ3v) is 2.93. The van der Waals surface area contributed by atoms with E-state index < -0.39 is 23.5 Å². The van der Waals surface area contributed by atoms with Gasteiger partial charge in [-0.1, -0.05) is 12.1 Å². The van der Waals surface area contributed by atoms with Crippen LogP contribution in [0.1, 0.15) is 11.1 Å². The number of hydrogen-bond acceptors (Lipinski definition) is 2. The minimum Gasteiger partial charge on any atom is -0.484 e. The number of rotatable bonds is 5. The Kier molecular flexibility index (Phi) is 5.20. The van der Waals surface area contributed by atoms with Crippen molar-refractivity contribution in [2.24, 2.45) is 0 Å². The molecular weight excluding hydrogens is 314 g/mol. The Bertz CT molecular complexity index is 669. The molecule has 2 rings (SSSR count). The van der Waals surface area contributed by atoms with Gasteiger partial charge in [-0.15, -0.1) is 0 Å². The fourth-order valence-electron chi connectivity index (χ4n) is 1.79. The molecule has 23 heavy (non-hydrogen) atoms. The largest absolute Gasteiger partial charge is 0.484 e. The first-order chi connectivity index (χ1) is 10.8. The zero-order valence-electron chi connectivity index (χ0n) is 11.9. The van der Waals surface area contributed by atoms with Gasteiger partial charge in [-0.25, -0.2) is 4.39 Å². The van der Waals surface area contributed by atoms with Crippen molar-refractivity contribution in [2.45, 2.75) is 12.7 Å². The first-order valence-corrected chi connectivity index (χ1v) is 6.66. The lowest BCUT2D eigenvalue weighted by molar-refractivity contribution is -0.137. The van der Waals surface area contributed by atoms with Crippen molar-refractivity contribution in [1.82, 2.24) is 5.32 Å². The highest BCUT2D eigenvalue weighted by molar-refractivity contribution is 5.77. The second kappa shape index (κ2) is 7.13. The van der Waals surface area contributed by atoms with Crippen LogP contribution < -0.4 is 10.1 Å². The zero-order valence-corrected chi connectivity index (χ0v) is 11.9. The van der Waals surface area contributed by atoms with Gasteiger partial charge in [0.15, 0.2) is 6.61 Å². The van der Waals surface area contributed by atoms with Crippen molar-refractivity contribution in [3.8, 4) is 5.75 Å². The molecule has 0 spiro atoms. The molecule has 0 aromatic heterocycles. The Balaban J connectivity index is 1.83. The zero-order chi connectivity index (χ0) is 16.9. The van der Waals surface area contributed by atoms with Crippen LogP contribution in [0.25, 0.3) is 0 Å². The number of carbonyl (C=O) groups excluding carboxylic acids is 1. The number of ether oxygens (including phenoxy) is 1. The summed E-state index contributed by atoms with van der Waals surface area (Å²) in [6.07, 6.45) is -4.42. The van der Waals surface area contributed by atoms with Gasteiger partial charge in [0.25, 0.3) is 5.91 Å². The van der Waals surface area contributed by atoms with E-state index in [9.17, 15) is 22.4 Å². The van der Waals surface area contributed by atoms with Crippen molar-refractivity contribution >= 4 is 5.91 Å². The summed E-state index contributed by atoms with van der Waals surface area (Å²) in [5.41, 5.74) is -0.443. The predicted octanol–water partition coefficient (Wildman–Crippen LogP) is 3.54. The average molecular weight is 327 g/mol. The van der Waals surface area contributed by atoms with Crippen molar-refractivity contribution in [2.75, 3.05) is 6.61 Å². The molecule has 2 aromatic rings. The van der Waals surface area contributed by atoms with E-state index >= 15 is 0 Å². The lowest BCUT2D eigenvalue weighted by Crippen LogP contribution is -2.28. The molecule has 0 aliphatic rings. The van der Waals surface area contributed by atoms with Crippen LogP contribution in [0, 0.1) is 5.82 Å². The van der Waals surface area contributed by atoms with Crippen molar-refractivity contribution < 1.29 is 27.1 Å². The van der Waals surface area contributed by atoms with Gasteiger partial charge in [-0.2, -0.15) is 13.2 Å². The molecule has 0 atom stereocenters. The van der Waals surface area contributed by atoms with E-state index in [1.165, 1.54) is 36.4 Å². The summed E-state index contributed by atoms with van der Waals surface area (Å²) in [6.45, 7) is -0.361. The van der Waals surface area contributed by atoms with Gasteiger partial charge in [0, 0.05) is 6.54 Å². The number of halogens is 4. The molecule has 0 unspecified atom stereocenters. The molecule has 0 aliphatic heterocycles. The lowest BCUT2D eigenvalue weighted by Gasteiger charge is -2.10. The fraction of sp³-hybridized carbons (Fsp3) is 0.188. The van der Waals surface area contributed by atoms with Gasteiger partial charge < -0.3 is 10.1 Å². The molecule has 1 N–H and O–H groups in total. The van der Waals surface area contributed by atoms with Gasteiger partial charge in [-0.05, 0) is 42.0 Å². The Hall–Kier alpha value is -2.57. The van der Waals surface area contributed by atoms with E-state index in [-0.39, 0.29) is 13.2 Å². The van der Waals surface area contributed by atoms with Crippen molar-refractivity contribution in [3.05, 3.63) is 65.5 Å². The van der Waals surface area contributed by atoms with Crippen LogP contribution in [-0.4, -0.2) is 12.5 Å². The maximum Gasteiger partial charge on any atom is 0.416 e. The topological polar surface area (TPSA) is 38.3 Å². The second-order valence-corrected chi connectivity index (χ2v) is 4.72. The highest BCUT2D eigenvalue weighted by atomic mass is 19.4. The standard InChI is InChI=1S/C16H13F4NO2/c17-13-4-6-14(7-5-13)23-10-15(22)21-9-11-2-1-3-12(8-11)16(18,19)20/h1-8H,9-10H2,(H,21,22). The van der Waals surface area contributed by atoms with Gasteiger partial charge in [0.1, 0.15) is 11.6 Å². The summed E-state index contributed by atoms with van der Waals surface area (Å²) in [4.78, 5) is 11.6. The normalized spacial score (nSPS) is 11.1. The Labute approximate surface area is 129 Å². The lowest BCUT2D eigenvalue weighted by atomic mass is 10.1. The highest BCUT2D eigenvalue weighted by Crippen LogP contribution is 2.29. The van der Waals surface area contributed by atoms with Crippen LogP contribution in [0.4, 0.5) is 17.6 Å². The SMILES string of the molecule is O=C(COc1ccc(F)cc1)NCc1cccc(C(F)(F)F)c1. The van der Waals surface area contributed by atoms with Crippen molar-refractivity contribution in [3.63, 3.8) is 0 Å². The van der Waals surface area contributed by atoms with Crippen LogP contribution in [0.5, 0.6) is 5.75 Å². The van der Waals surface area contributed by atoms with Crippen LogP contribution in [-0.2, 0) is 17.5 Å². The Morgan fingerprint density at radius 3 is 2.43 bits per heavy atom. The molecule has 122 valence electrons. The van der Waals surface area contributed by atoms with E-state index in [0.717, 1.165) is 12.1 Å². The minimum absolute atomic E-state index is 0.0461. The van der Waals surface area contributed by atoms with Gasteiger partial charge >= 0.3 is 6.18 Å². The molecule has 0 aliphatic carbocycles. The summed E-state index contributed by atoms with van der Waals surface area (Å²) < 4.78 is 55.5. The van der Waals surface area contributed by atoms with E-state index in [1.807, 2.05) is 0 Å². The number of carbonyl (C=O) groups is 1. The Morgan fingerprint density at radius 2 is 1.78 bits per heavy atom. The minimum atomic E-state index is -4.42. The van der Waals surface area contributed by atoms with Crippen LogP contribution in [0.2, 0.25) is 0 Å². The van der Waals surface area contributed by atoms with E-state index in [2.05, 4.69) is 5.32 Å². The maximum absolute atomic E-state index is 12.7. The molecule has 0 bridgehead atoms. The Morgan fingerprint density at radius 1 is 1.09 bits per heavy atom. The quantitative estimate of drug-likeness (QED) is 0.853. The van der Waals surface area contributed by atoms with Crippen LogP contribution >= 0.6 is 0 Å². The molecule has 3 nitrogen and oxygen atoms in total. The molecule has 2 aromatic carbocycles. The first-order valence-electron chi connectivity index (χ1n) is 6.66. The molecule has 0 radical (unpaired) electrons. The monoisotopic (exact) mass is 327 g/mol. The van der Waals surface area contributed by atoms with Gasteiger partial charge in [0.2, 0.25) is 0 Å². The molecule has 0 saturated carbocycles. The highest BCUT2D eigenvalue weighted by Gasteiger charge is 2.30. The van der Waals surface area contributed by atoms with Crippen LogP contribution in [0.15, 0.2) is 48.5 Å². The summed E-state index contributed by atoms with van der Waals surface area (Å²) in [5, 5.41) is 2.45. The first kappa shape index (κ1) is 16.8. The van der Waals surface area contributed by atoms with Crippen molar-refractivity contribution in [1.29, 1.82) is 0 Å². The fourth-order valence-corrected chi connectivity index (χ4v) is 1.79. The smallest absolute Gasteiger partial charge is 0.416 e. The molecular formula is C16H13F4NO2. The number of alkyl halides is 3. The molecule has 0 heterocycles. The summed E-state index contributed by atoms with van der Waals surface area (Å²) >= 11 is 0. The van der Waals surface area contributed by atoms with E-state index in [0.29, 0.717) is 11.3 Å². The summed E-state index contributed by atoms with van der Waals surface area (Å²) in [7, 11) is 0. The molecule has 0 saturated heterocycles. The second-order valence-electron chi connectivity index (χ2n) is 4.72. The average Bonchev–Trinajstić information content (AvgIpc) is 2.52. The summed E-state index contributed by atoms with van der Waals surface area (Å²) in [6, 6.07) is 9.82. The number of nitrogens with one attached hydrogen (secondary N) is 1. The number of benzene rings is 2. The summed E-state index contributed by atoms with van der Waals surface area (Å²) in [5.74, 6) is -0.598. The maximum atomic E-state index is 12.7. The van der Waals surface area contributed by atoms with Crippen LogP contribution in [0.3, 0.4) is 0 Å². The predicted molar refractivity (Wildman–Crippen MR) is 75.2 cm³/mol. The third-order valence-electron chi connectivity index (χ3n) is 2.93. The van der Waals surface area contributed by atoms with E-state index in [4.69, 9.17) is 4.74 Å². The third kappa shape index (κ3) is 5.28. The van der Waals surface area contributed by atoms with Gasteiger partial charge in [-0.3, -0.25) is 4.79 Å². The molecule has 7 heteroatoms. The number of amides is 1. The van der Waals surface area contributed by atoms with E-state index in [1.54, 1.807) is 0 Å². The molecule has 0 fully saturated rings.